The van der Waals surface area contributed by atoms with Gasteiger partial charge in [0.15, 0.2) is 5.78 Å². The third-order valence-corrected chi connectivity index (χ3v) is 5.96. The number of halogens is 1. The number of carbonyl (C=O) groups is 2. The molecule has 0 saturated carbocycles. The molecule has 2 aliphatic rings. The topological polar surface area (TPSA) is 58.5 Å². The summed E-state index contributed by atoms with van der Waals surface area (Å²) in [6.45, 7) is 3.83. The first-order chi connectivity index (χ1) is 14.0. The van der Waals surface area contributed by atoms with E-state index in [0.717, 1.165) is 41.1 Å². The third kappa shape index (κ3) is 3.77. The molecule has 0 aromatic heterocycles. The van der Waals surface area contributed by atoms with E-state index in [1.807, 2.05) is 56.3 Å². The van der Waals surface area contributed by atoms with Crippen LogP contribution in [0, 0.1) is 12.8 Å². The highest BCUT2D eigenvalue weighted by Crippen LogP contribution is 2.44. The van der Waals surface area contributed by atoms with Gasteiger partial charge in [-0.3, -0.25) is 14.6 Å². The van der Waals surface area contributed by atoms with Gasteiger partial charge in [-0.2, -0.15) is 0 Å². The van der Waals surface area contributed by atoms with Crippen molar-refractivity contribution in [1.82, 2.24) is 0 Å². The number of para-hydroxylation sites is 1. The lowest BCUT2D eigenvalue weighted by molar-refractivity contribution is -0.119. The highest BCUT2D eigenvalue weighted by molar-refractivity contribution is 6.30. The van der Waals surface area contributed by atoms with Crippen molar-refractivity contribution >= 4 is 34.7 Å². The molecule has 1 N–H and O–H groups in total. The van der Waals surface area contributed by atoms with Crippen LogP contribution < -0.4 is 5.32 Å². The van der Waals surface area contributed by atoms with Gasteiger partial charge in [0, 0.05) is 40.0 Å². The zero-order chi connectivity index (χ0) is 20.5. The lowest BCUT2D eigenvalue weighted by atomic mass is 9.71. The van der Waals surface area contributed by atoms with Crippen LogP contribution in [-0.4, -0.2) is 17.4 Å². The second-order valence-corrected chi connectivity index (χ2v) is 8.14. The van der Waals surface area contributed by atoms with Gasteiger partial charge >= 0.3 is 0 Å². The summed E-state index contributed by atoms with van der Waals surface area (Å²) < 4.78 is 0. The maximum atomic E-state index is 13.4. The molecule has 0 spiro atoms. The fraction of sp³-hybridized carbons (Fsp3) is 0.292. The lowest BCUT2D eigenvalue weighted by Crippen LogP contribution is -2.39. The van der Waals surface area contributed by atoms with E-state index in [2.05, 4.69) is 5.32 Å². The summed E-state index contributed by atoms with van der Waals surface area (Å²) in [7, 11) is 0. The monoisotopic (exact) mass is 406 g/mol. The van der Waals surface area contributed by atoms with Crippen LogP contribution >= 0.6 is 11.6 Å². The van der Waals surface area contributed by atoms with Crippen LogP contribution in [0.4, 0.5) is 5.69 Å². The fourth-order valence-electron chi connectivity index (χ4n) is 4.33. The van der Waals surface area contributed by atoms with E-state index in [1.165, 1.54) is 0 Å². The van der Waals surface area contributed by atoms with Crippen LogP contribution in [0.2, 0.25) is 5.02 Å². The zero-order valence-corrected chi connectivity index (χ0v) is 17.3. The first kappa shape index (κ1) is 19.6. The summed E-state index contributed by atoms with van der Waals surface area (Å²) >= 11 is 6.26. The molecule has 2 aromatic carbocycles. The first-order valence-corrected chi connectivity index (χ1v) is 10.3. The standard InChI is InChI=1S/C24H23ClN2O2/c1-14-7-3-4-10-18(14)27-24(29)21-15(2)26-19-11-6-12-20(28)23(19)22(21)16-8-5-9-17(25)13-16/h3-5,7-10,13,21-22H,6,11-12H2,1-2H3,(H,27,29)/t21?,22-/m1/s1. The van der Waals surface area contributed by atoms with Crippen molar-refractivity contribution in [2.45, 2.75) is 39.0 Å². The quantitative estimate of drug-likeness (QED) is 0.734. The molecule has 4 rings (SSSR count). The Morgan fingerprint density at radius 1 is 1.10 bits per heavy atom. The minimum Gasteiger partial charge on any atom is -0.325 e. The van der Waals surface area contributed by atoms with Gasteiger partial charge in [0.25, 0.3) is 0 Å². The molecule has 2 aromatic rings. The SMILES string of the molecule is CC1=NC2=C(C(=O)CCC2)[C@H](c2cccc(Cl)c2)C1C(=O)Nc1ccccc1C. The van der Waals surface area contributed by atoms with Crippen molar-refractivity contribution in [3.05, 3.63) is 76.0 Å². The van der Waals surface area contributed by atoms with Crippen molar-refractivity contribution in [2.24, 2.45) is 10.9 Å². The molecular formula is C24H23ClN2O2. The number of rotatable bonds is 3. The van der Waals surface area contributed by atoms with E-state index < -0.39 is 5.92 Å². The van der Waals surface area contributed by atoms with E-state index in [-0.39, 0.29) is 17.6 Å². The summed E-state index contributed by atoms with van der Waals surface area (Å²) in [5.41, 5.74) is 4.86. The number of carbonyl (C=O) groups excluding carboxylic acids is 2. The number of Topliss-reactive ketones (excluding diaryl/α,β-unsaturated/α-hetero) is 1. The Balaban J connectivity index is 1.79. The Bertz CT molecular complexity index is 1050. The molecule has 1 amide bonds. The van der Waals surface area contributed by atoms with E-state index in [4.69, 9.17) is 16.6 Å². The molecule has 0 fully saturated rings. The Hall–Kier alpha value is -2.72. The minimum absolute atomic E-state index is 0.0844. The summed E-state index contributed by atoms with van der Waals surface area (Å²) in [6.07, 6.45) is 2.06. The van der Waals surface area contributed by atoms with Gasteiger partial charge in [-0.25, -0.2) is 0 Å². The van der Waals surface area contributed by atoms with Gasteiger partial charge in [0.1, 0.15) is 0 Å². The maximum absolute atomic E-state index is 13.4. The highest BCUT2D eigenvalue weighted by atomic mass is 35.5. The number of aliphatic imine (C=N–C) groups is 1. The van der Waals surface area contributed by atoms with Crippen molar-refractivity contribution < 1.29 is 9.59 Å². The van der Waals surface area contributed by atoms with Crippen LogP contribution in [0.25, 0.3) is 0 Å². The highest BCUT2D eigenvalue weighted by Gasteiger charge is 2.42. The van der Waals surface area contributed by atoms with Gasteiger partial charge in [0.2, 0.25) is 5.91 Å². The predicted octanol–water partition coefficient (Wildman–Crippen LogP) is 5.47. The number of allylic oxidation sites excluding steroid dienone is 2. The number of aryl methyl sites for hydroxylation is 1. The van der Waals surface area contributed by atoms with Crippen molar-refractivity contribution in [1.29, 1.82) is 0 Å². The molecule has 148 valence electrons. The van der Waals surface area contributed by atoms with Gasteiger partial charge in [0.05, 0.1) is 5.92 Å². The maximum Gasteiger partial charge on any atom is 0.234 e. The van der Waals surface area contributed by atoms with E-state index in [0.29, 0.717) is 17.0 Å². The molecule has 2 atom stereocenters. The number of ketones is 1. The molecule has 0 saturated heterocycles. The number of hydrogen-bond acceptors (Lipinski definition) is 3. The van der Waals surface area contributed by atoms with Gasteiger partial charge < -0.3 is 5.32 Å². The Morgan fingerprint density at radius 2 is 1.90 bits per heavy atom. The smallest absolute Gasteiger partial charge is 0.234 e. The average Bonchev–Trinajstić information content (AvgIpc) is 2.69. The zero-order valence-electron chi connectivity index (χ0n) is 16.5. The van der Waals surface area contributed by atoms with Crippen molar-refractivity contribution in [2.75, 3.05) is 5.32 Å². The van der Waals surface area contributed by atoms with Crippen LogP contribution in [0.3, 0.4) is 0 Å². The number of nitrogens with zero attached hydrogens (tertiary/aromatic N) is 1. The average molecular weight is 407 g/mol. The molecule has 1 aliphatic heterocycles. The molecule has 0 bridgehead atoms. The van der Waals surface area contributed by atoms with Crippen molar-refractivity contribution in [3.8, 4) is 0 Å². The second kappa shape index (κ2) is 7.96. The molecule has 5 heteroatoms. The molecule has 1 aliphatic carbocycles. The second-order valence-electron chi connectivity index (χ2n) is 7.70. The number of anilines is 1. The van der Waals surface area contributed by atoms with Crippen LogP contribution in [0.1, 0.15) is 43.2 Å². The van der Waals surface area contributed by atoms with Crippen molar-refractivity contribution in [3.63, 3.8) is 0 Å². The van der Waals surface area contributed by atoms with Crippen LogP contribution in [-0.2, 0) is 9.59 Å². The predicted molar refractivity (Wildman–Crippen MR) is 116 cm³/mol. The Labute approximate surface area is 175 Å². The lowest BCUT2D eigenvalue weighted by Gasteiger charge is -2.35. The molecule has 0 radical (unpaired) electrons. The number of nitrogens with one attached hydrogen (secondary N) is 1. The van der Waals surface area contributed by atoms with Gasteiger partial charge in [-0.1, -0.05) is 41.9 Å². The normalized spacial score (nSPS) is 21.5. The fourth-order valence-corrected chi connectivity index (χ4v) is 4.53. The summed E-state index contributed by atoms with van der Waals surface area (Å²) in [6, 6.07) is 15.1. The summed E-state index contributed by atoms with van der Waals surface area (Å²) in [5, 5.41) is 3.64. The van der Waals surface area contributed by atoms with Crippen LogP contribution in [0.15, 0.2) is 64.8 Å². The number of hydrogen-bond donors (Lipinski definition) is 1. The Kier molecular flexibility index (Phi) is 5.37. The largest absolute Gasteiger partial charge is 0.325 e. The van der Waals surface area contributed by atoms with E-state index in [9.17, 15) is 9.59 Å². The molecule has 1 heterocycles. The number of benzene rings is 2. The van der Waals surface area contributed by atoms with Gasteiger partial charge in [-0.15, -0.1) is 0 Å². The molecule has 29 heavy (non-hydrogen) atoms. The van der Waals surface area contributed by atoms with Crippen LogP contribution in [0.5, 0.6) is 0 Å². The third-order valence-electron chi connectivity index (χ3n) is 5.73. The minimum atomic E-state index is -0.561. The first-order valence-electron chi connectivity index (χ1n) is 9.89. The molecular weight excluding hydrogens is 384 g/mol. The summed E-state index contributed by atoms with van der Waals surface area (Å²) in [4.78, 5) is 31.0. The molecule has 1 unspecified atom stereocenters. The molecule has 4 nitrogen and oxygen atoms in total. The number of amides is 1. The van der Waals surface area contributed by atoms with E-state index in [1.54, 1.807) is 6.07 Å². The summed E-state index contributed by atoms with van der Waals surface area (Å²) in [5.74, 6) is -1.01. The van der Waals surface area contributed by atoms with E-state index >= 15 is 0 Å². The Morgan fingerprint density at radius 3 is 2.66 bits per heavy atom. The van der Waals surface area contributed by atoms with Gasteiger partial charge in [-0.05, 0) is 56.0 Å².